The van der Waals surface area contributed by atoms with E-state index in [-0.39, 0.29) is 18.4 Å². The van der Waals surface area contributed by atoms with Gasteiger partial charge in [-0.3, -0.25) is 9.78 Å². The van der Waals surface area contributed by atoms with Crippen LogP contribution < -0.4 is 5.32 Å². The van der Waals surface area contributed by atoms with Crippen molar-refractivity contribution in [1.29, 1.82) is 0 Å². The first-order chi connectivity index (χ1) is 9.67. The highest BCUT2D eigenvalue weighted by Gasteiger charge is 2.19. The molecule has 0 amide bonds. The van der Waals surface area contributed by atoms with Crippen LogP contribution in [0.5, 0.6) is 0 Å². The van der Waals surface area contributed by atoms with Crippen LogP contribution in [0.15, 0.2) is 30.5 Å². The Labute approximate surface area is 123 Å². The highest BCUT2D eigenvalue weighted by atomic mass is 35.5. The Morgan fingerprint density at radius 1 is 1.45 bits per heavy atom. The summed E-state index contributed by atoms with van der Waals surface area (Å²) in [6, 6.07) is 7.38. The third-order valence-electron chi connectivity index (χ3n) is 3.17. The Kier molecular flexibility index (Phi) is 4.93. The lowest BCUT2D eigenvalue weighted by atomic mass is 10.00. The van der Waals surface area contributed by atoms with Crippen molar-refractivity contribution >= 4 is 28.5 Å². The van der Waals surface area contributed by atoms with Gasteiger partial charge in [0.1, 0.15) is 0 Å². The molecule has 0 saturated heterocycles. The number of halogens is 1. The number of ether oxygens (including phenoxy) is 1. The minimum atomic E-state index is -0.255. The number of carbonyl (C=O) groups is 1. The number of hydrogen-bond donors (Lipinski definition) is 1. The van der Waals surface area contributed by atoms with Gasteiger partial charge >= 0.3 is 5.97 Å². The van der Waals surface area contributed by atoms with Crippen LogP contribution in [0, 0.1) is 0 Å². The van der Waals surface area contributed by atoms with E-state index in [0.29, 0.717) is 5.02 Å². The number of nitrogens with one attached hydrogen (secondary N) is 1. The number of nitrogens with zero attached hydrogens (tertiary/aromatic N) is 1. The van der Waals surface area contributed by atoms with E-state index in [1.807, 2.05) is 31.2 Å². The summed E-state index contributed by atoms with van der Waals surface area (Å²) in [7, 11) is 1.39. The van der Waals surface area contributed by atoms with Crippen molar-refractivity contribution in [2.24, 2.45) is 0 Å². The van der Waals surface area contributed by atoms with Crippen LogP contribution in [-0.4, -0.2) is 24.6 Å². The fourth-order valence-corrected chi connectivity index (χ4v) is 2.44. The summed E-state index contributed by atoms with van der Waals surface area (Å²) >= 11 is 6.19. The second kappa shape index (κ2) is 6.68. The standard InChI is InChI=1S/C15H17ClN2O2/c1-3-17-13(9-14(19)20-2)11-6-7-12(16)10-5-4-8-18-15(10)11/h4-8,13,17H,3,9H2,1-2H3. The fraction of sp³-hybridized carbons (Fsp3) is 0.333. The van der Waals surface area contributed by atoms with E-state index < -0.39 is 0 Å². The summed E-state index contributed by atoms with van der Waals surface area (Å²) in [5.74, 6) is -0.255. The molecule has 1 N–H and O–H groups in total. The topological polar surface area (TPSA) is 51.2 Å². The van der Waals surface area contributed by atoms with Crippen molar-refractivity contribution in [3.63, 3.8) is 0 Å². The van der Waals surface area contributed by atoms with Gasteiger partial charge in [-0.05, 0) is 30.3 Å². The first-order valence-electron chi connectivity index (χ1n) is 6.50. The zero-order valence-electron chi connectivity index (χ0n) is 11.5. The number of fused-ring (bicyclic) bond motifs is 1. The molecule has 20 heavy (non-hydrogen) atoms. The number of rotatable bonds is 5. The molecule has 0 spiro atoms. The normalized spacial score (nSPS) is 12.3. The van der Waals surface area contributed by atoms with E-state index in [1.54, 1.807) is 6.20 Å². The lowest BCUT2D eigenvalue weighted by Crippen LogP contribution is -2.24. The van der Waals surface area contributed by atoms with E-state index in [0.717, 1.165) is 23.0 Å². The number of hydrogen-bond acceptors (Lipinski definition) is 4. The van der Waals surface area contributed by atoms with Gasteiger partial charge in [-0.15, -0.1) is 0 Å². The van der Waals surface area contributed by atoms with Gasteiger partial charge in [-0.25, -0.2) is 0 Å². The quantitative estimate of drug-likeness (QED) is 0.860. The van der Waals surface area contributed by atoms with Crippen molar-refractivity contribution < 1.29 is 9.53 Å². The molecule has 2 rings (SSSR count). The first kappa shape index (κ1) is 14.8. The van der Waals surface area contributed by atoms with Gasteiger partial charge in [-0.1, -0.05) is 24.6 Å². The van der Waals surface area contributed by atoms with E-state index in [4.69, 9.17) is 16.3 Å². The Morgan fingerprint density at radius 2 is 2.25 bits per heavy atom. The lowest BCUT2D eigenvalue weighted by Gasteiger charge is -2.19. The largest absolute Gasteiger partial charge is 0.469 e. The Bertz CT molecular complexity index is 616. The molecule has 5 heteroatoms. The van der Waals surface area contributed by atoms with Crippen LogP contribution in [0.1, 0.15) is 24.9 Å². The molecule has 1 heterocycles. The highest BCUT2D eigenvalue weighted by molar-refractivity contribution is 6.35. The van der Waals surface area contributed by atoms with Crippen LogP contribution in [0.2, 0.25) is 5.02 Å². The Morgan fingerprint density at radius 3 is 2.95 bits per heavy atom. The zero-order valence-corrected chi connectivity index (χ0v) is 12.3. The average molecular weight is 293 g/mol. The summed E-state index contributed by atoms with van der Waals surface area (Å²) in [6.07, 6.45) is 1.99. The van der Waals surface area contributed by atoms with E-state index >= 15 is 0 Å². The molecule has 0 saturated carbocycles. The molecule has 0 aliphatic carbocycles. The summed E-state index contributed by atoms with van der Waals surface area (Å²) in [6.45, 7) is 2.74. The number of carbonyl (C=O) groups excluding carboxylic acids is 1. The predicted octanol–water partition coefficient (Wildman–Crippen LogP) is 3.10. The number of benzene rings is 1. The second-order valence-corrected chi connectivity index (χ2v) is 4.83. The molecule has 0 aliphatic heterocycles. The van der Waals surface area contributed by atoms with Gasteiger partial charge < -0.3 is 10.1 Å². The van der Waals surface area contributed by atoms with Crippen molar-refractivity contribution in [1.82, 2.24) is 10.3 Å². The van der Waals surface area contributed by atoms with Crippen molar-refractivity contribution in [2.45, 2.75) is 19.4 Å². The van der Waals surface area contributed by atoms with Gasteiger partial charge in [0.2, 0.25) is 0 Å². The van der Waals surface area contributed by atoms with Gasteiger partial charge in [-0.2, -0.15) is 0 Å². The molecule has 0 aliphatic rings. The number of methoxy groups -OCH3 is 1. The van der Waals surface area contributed by atoms with Crippen molar-refractivity contribution in [3.8, 4) is 0 Å². The molecule has 1 atom stereocenters. The summed E-state index contributed by atoms with van der Waals surface area (Å²) in [4.78, 5) is 16.0. The SMILES string of the molecule is CCNC(CC(=O)OC)c1ccc(Cl)c2cccnc12. The minimum Gasteiger partial charge on any atom is -0.469 e. The summed E-state index contributed by atoms with van der Waals surface area (Å²) < 4.78 is 4.76. The first-order valence-corrected chi connectivity index (χ1v) is 6.88. The third kappa shape index (κ3) is 3.08. The van der Waals surface area contributed by atoms with Crippen LogP contribution >= 0.6 is 11.6 Å². The molecule has 2 aromatic rings. The number of pyridine rings is 1. The molecular weight excluding hydrogens is 276 g/mol. The second-order valence-electron chi connectivity index (χ2n) is 4.43. The van der Waals surface area contributed by atoms with Crippen LogP contribution in [0.25, 0.3) is 10.9 Å². The average Bonchev–Trinajstić information content (AvgIpc) is 2.47. The van der Waals surface area contributed by atoms with E-state index in [1.165, 1.54) is 7.11 Å². The fourth-order valence-electron chi connectivity index (χ4n) is 2.23. The Hall–Kier alpha value is -1.65. The van der Waals surface area contributed by atoms with Gasteiger partial charge in [0, 0.05) is 22.6 Å². The third-order valence-corrected chi connectivity index (χ3v) is 3.50. The maximum atomic E-state index is 11.6. The Balaban J connectivity index is 2.47. The smallest absolute Gasteiger partial charge is 0.307 e. The molecule has 1 aromatic carbocycles. The molecule has 0 bridgehead atoms. The molecule has 1 aromatic heterocycles. The molecular formula is C15H17ClN2O2. The van der Waals surface area contributed by atoms with Crippen LogP contribution in [0.4, 0.5) is 0 Å². The summed E-state index contributed by atoms with van der Waals surface area (Å²) in [5, 5.41) is 4.84. The van der Waals surface area contributed by atoms with Gasteiger partial charge in [0.05, 0.1) is 19.0 Å². The molecule has 0 fully saturated rings. The van der Waals surface area contributed by atoms with Crippen LogP contribution in [0.3, 0.4) is 0 Å². The molecule has 1 unspecified atom stereocenters. The predicted molar refractivity (Wildman–Crippen MR) is 79.8 cm³/mol. The zero-order chi connectivity index (χ0) is 14.5. The van der Waals surface area contributed by atoms with Crippen molar-refractivity contribution in [2.75, 3.05) is 13.7 Å². The van der Waals surface area contributed by atoms with Crippen LogP contribution in [-0.2, 0) is 9.53 Å². The van der Waals surface area contributed by atoms with E-state index in [2.05, 4.69) is 10.3 Å². The maximum absolute atomic E-state index is 11.6. The molecule has 106 valence electrons. The number of esters is 1. The molecule has 0 radical (unpaired) electrons. The summed E-state index contributed by atoms with van der Waals surface area (Å²) in [5.41, 5.74) is 1.77. The maximum Gasteiger partial charge on any atom is 0.307 e. The van der Waals surface area contributed by atoms with E-state index in [9.17, 15) is 4.79 Å². The monoisotopic (exact) mass is 292 g/mol. The lowest BCUT2D eigenvalue weighted by molar-refractivity contribution is -0.141. The highest BCUT2D eigenvalue weighted by Crippen LogP contribution is 2.29. The van der Waals surface area contributed by atoms with Gasteiger partial charge in [0.25, 0.3) is 0 Å². The molecule has 4 nitrogen and oxygen atoms in total. The minimum absolute atomic E-state index is 0.137. The number of aromatic nitrogens is 1. The van der Waals surface area contributed by atoms with Gasteiger partial charge in [0.15, 0.2) is 0 Å². The van der Waals surface area contributed by atoms with Crippen molar-refractivity contribution in [3.05, 3.63) is 41.0 Å².